The lowest BCUT2D eigenvalue weighted by Gasteiger charge is -2.22. The van der Waals surface area contributed by atoms with Crippen LogP contribution in [0.4, 0.5) is 5.95 Å². The van der Waals surface area contributed by atoms with Crippen LogP contribution in [-0.4, -0.2) is 35.8 Å². The van der Waals surface area contributed by atoms with Gasteiger partial charge in [-0.15, -0.1) is 0 Å². The van der Waals surface area contributed by atoms with Gasteiger partial charge in [-0.1, -0.05) is 18.5 Å². The van der Waals surface area contributed by atoms with Crippen LogP contribution in [0.25, 0.3) is 0 Å². The monoisotopic (exact) mass is 285 g/mol. The lowest BCUT2D eigenvalue weighted by molar-refractivity contribution is -0.0119. The van der Waals surface area contributed by atoms with Crippen molar-refractivity contribution in [2.24, 2.45) is 0 Å². The van der Waals surface area contributed by atoms with Gasteiger partial charge in [-0.2, -0.15) is 4.98 Å². The summed E-state index contributed by atoms with van der Waals surface area (Å²) in [4.78, 5) is 8.37. The molecule has 0 aliphatic carbocycles. The number of hydrogen-bond acceptors (Lipinski definition) is 5. The van der Waals surface area contributed by atoms with E-state index < -0.39 is 0 Å². The summed E-state index contributed by atoms with van der Waals surface area (Å²) in [5.74, 6) is 0.968. The third-order valence-electron chi connectivity index (χ3n) is 2.92. The predicted molar refractivity (Wildman–Crippen MR) is 74.9 cm³/mol. The third kappa shape index (κ3) is 4.51. The Kier molecular flexibility index (Phi) is 5.66. The van der Waals surface area contributed by atoms with Crippen LogP contribution in [0.3, 0.4) is 0 Å². The molecule has 1 unspecified atom stereocenters. The molecule has 5 nitrogen and oxygen atoms in total. The van der Waals surface area contributed by atoms with Gasteiger partial charge in [-0.25, -0.2) is 4.98 Å². The second-order valence-electron chi connectivity index (χ2n) is 4.57. The van der Waals surface area contributed by atoms with Crippen LogP contribution < -0.4 is 10.1 Å². The maximum absolute atomic E-state index is 6.03. The topological polar surface area (TPSA) is 56.3 Å². The lowest BCUT2D eigenvalue weighted by Crippen LogP contribution is -2.26. The number of nitrogens with zero attached hydrogens (tertiary/aromatic N) is 2. The van der Waals surface area contributed by atoms with Crippen LogP contribution in [0.1, 0.15) is 32.6 Å². The van der Waals surface area contributed by atoms with Crippen LogP contribution in [0.2, 0.25) is 5.02 Å². The van der Waals surface area contributed by atoms with E-state index in [1.165, 1.54) is 6.42 Å². The van der Waals surface area contributed by atoms with E-state index in [0.717, 1.165) is 32.4 Å². The van der Waals surface area contributed by atoms with Gasteiger partial charge < -0.3 is 14.8 Å². The Balaban J connectivity index is 1.90. The Morgan fingerprint density at radius 3 is 3.16 bits per heavy atom. The molecule has 1 fully saturated rings. The molecule has 1 N–H and O–H groups in total. The second-order valence-corrected chi connectivity index (χ2v) is 4.98. The number of halogens is 1. The van der Waals surface area contributed by atoms with E-state index in [2.05, 4.69) is 22.2 Å². The quantitative estimate of drug-likeness (QED) is 0.871. The number of anilines is 1. The molecule has 0 aromatic carbocycles. The highest BCUT2D eigenvalue weighted by atomic mass is 35.5. The summed E-state index contributed by atoms with van der Waals surface area (Å²) in [7, 11) is 0. The second kappa shape index (κ2) is 7.50. The summed E-state index contributed by atoms with van der Waals surface area (Å²) < 4.78 is 11.3. The first-order chi connectivity index (χ1) is 9.29. The number of nitrogens with one attached hydrogen (secondary N) is 1. The Hall–Kier alpha value is -1.07. The standard InChI is InChI=1S/C13H20ClN3O2/c1-2-6-15-13-16-8-11(14)12(17-13)19-9-10-5-3-4-7-18-10/h8,10H,2-7,9H2,1H3,(H,15,16,17). The van der Waals surface area contributed by atoms with Crippen molar-refractivity contribution in [2.75, 3.05) is 25.1 Å². The normalized spacial score (nSPS) is 19.2. The maximum atomic E-state index is 6.03. The molecule has 0 saturated carbocycles. The molecular formula is C13H20ClN3O2. The smallest absolute Gasteiger partial charge is 0.237 e. The summed E-state index contributed by atoms with van der Waals surface area (Å²) in [5, 5.41) is 3.54. The molecule has 0 bridgehead atoms. The first-order valence-corrected chi connectivity index (χ1v) is 7.18. The first-order valence-electron chi connectivity index (χ1n) is 6.80. The largest absolute Gasteiger partial charge is 0.474 e. The molecule has 2 heterocycles. The van der Waals surface area contributed by atoms with Gasteiger partial charge >= 0.3 is 0 Å². The fourth-order valence-corrected chi connectivity index (χ4v) is 2.03. The molecule has 1 saturated heterocycles. The first kappa shape index (κ1) is 14.3. The van der Waals surface area contributed by atoms with Gasteiger partial charge in [-0.3, -0.25) is 0 Å². The van der Waals surface area contributed by atoms with Crippen molar-refractivity contribution >= 4 is 17.5 Å². The van der Waals surface area contributed by atoms with Crippen LogP contribution in [0, 0.1) is 0 Å². The molecule has 2 rings (SSSR count). The Labute approximate surface area is 118 Å². The zero-order valence-electron chi connectivity index (χ0n) is 11.2. The molecule has 1 atom stereocenters. The Morgan fingerprint density at radius 2 is 2.42 bits per heavy atom. The highest BCUT2D eigenvalue weighted by molar-refractivity contribution is 6.31. The molecular weight excluding hydrogens is 266 g/mol. The molecule has 1 aliphatic heterocycles. The number of aromatic nitrogens is 2. The number of hydrogen-bond donors (Lipinski definition) is 1. The zero-order valence-corrected chi connectivity index (χ0v) is 11.9. The minimum atomic E-state index is 0.145. The number of rotatable bonds is 6. The van der Waals surface area contributed by atoms with E-state index in [-0.39, 0.29) is 6.10 Å². The molecule has 0 spiro atoms. The van der Waals surface area contributed by atoms with E-state index >= 15 is 0 Å². The fraction of sp³-hybridized carbons (Fsp3) is 0.692. The maximum Gasteiger partial charge on any atom is 0.237 e. The molecule has 0 radical (unpaired) electrons. The van der Waals surface area contributed by atoms with Gasteiger partial charge in [0.25, 0.3) is 0 Å². The zero-order chi connectivity index (χ0) is 13.5. The van der Waals surface area contributed by atoms with Gasteiger partial charge in [0.05, 0.1) is 12.3 Å². The van der Waals surface area contributed by atoms with Crippen LogP contribution >= 0.6 is 11.6 Å². The van der Waals surface area contributed by atoms with E-state index in [1.807, 2.05) is 0 Å². The Bertz CT molecular complexity index is 397. The molecule has 1 aliphatic rings. The van der Waals surface area contributed by atoms with E-state index in [1.54, 1.807) is 6.20 Å². The highest BCUT2D eigenvalue weighted by Crippen LogP contribution is 2.23. The van der Waals surface area contributed by atoms with Crippen LogP contribution in [-0.2, 0) is 4.74 Å². The summed E-state index contributed by atoms with van der Waals surface area (Å²) in [6, 6.07) is 0. The summed E-state index contributed by atoms with van der Waals surface area (Å²) in [6.07, 6.45) is 6.07. The van der Waals surface area contributed by atoms with E-state index in [4.69, 9.17) is 21.1 Å². The van der Waals surface area contributed by atoms with E-state index in [9.17, 15) is 0 Å². The third-order valence-corrected chi connectivity index (χ3v) is 3.18. The molecule has 6 heteroatoms. The summed E-state index contributed by atoms with van der Waals surface area (Å²) >= 11 is 6.03. The van der Waals surface area contributed by atoms with Gasteiger partial charge in [-0.05, 0) is 25.7 Å². The summed E-state index contributed by atoms with van der Waals surface area (Å²) in [5.41, 5.74) is 0. The van der Waals surface area contributed by atoms with E-state index in [0.29, 0.717) is 23.5 Å². The highest BCUT2D eigenvalue weighted by Gasteiger charge is 2.16. The lowest BCUT2D eigenvalue weighted by atomic mass is 10.1. The predicted octanol–water partition coefficient (Wildman–Crippen LogP) is 2.90. The fourth-order valence-electron chi connectivity index (χ4n) is 1.89. The van der Waals surface area contributed by atoms with Crippen molar-refractivity contribution in [2.45, 2.75) is 38.7 Å². The number of ether oxygens (including phenoxy) is 2. The van der Waals surface area contributed by atoms with Gasteiger partial charge in [0.2, 0.25) is 11.8 Å². The van der Waals surface area contributed by atoms with Gasteiger partial charge in [0, 0.05) is 13.2 Å². The van der Waals surface area contributed by atoms with Crippen molar-refractivity contribution in [1.82, 2.24) is 9.97 Å². The Morgan fingerprint density at radius 1 is 1.53 bits per heavy atom. The van der Waals surface area contributed by atoms with Crippen molar-refractivity contribution < 1.29 is 9.47 Å². The minimum Gasteiger partial charge on any atom is -0.474 e. The average molecular weight is 286 g/mol. The summed E-state index contributed by atoms with van der Waals surface area (Å²) in [6.45, 7) is 4.21. The average Bonchev–Trinajstić information content (AvgIpc) is 2.46. The van der Waals surface area contributed by atoms with Crippen LogP contribution in [0.5, 0.6) is 5.88 Å². The molecule has 0 amide bonds. The van der Waals surface area contributed by atoms with Crippen molar-refractivity contribution in [3.05, 3.63) is 11.2 Å². The van der Waals surface area contributed by atoms with Crippen molar-refractivity contribution in [3.63, 3.8) is 0 Å². The SMILES string of the molecule is CCCNc1ncc(Cl)c(OCC2CCCCO2)n1. The van der Waals surface area contributed by atoms with Gasteiger partial charge in [0.15, 0.2) is 0 Å². The van der Waals surface area contributed by atoms with Crippen LogP contribution in [0.15, 0.2) is 6.20 Å². The molecule has 1 aromatic rings. The molecule has 19 heavy (non-hydrogen) atoms. The van der Waals surface area contributed by atoms with Crippen molar-refractivity contribution in [3.8, 4) is 5.88 Å². The van der Waals surface area contributed by atoms with Crippen molar-refractivity contribution in [1.29, 1.82) is 0 Å². The molecule has 1 aromatic heterocycles. The molecule has 106 valence electrons. The van der Waals surface area contributed by atoms with Gasteiger partial charge in [0.1, 0.15) is 11.6 Å². The minimum absolute atomic E-state index is 0.145.